The number of carboxylic acids is 1. The van der Waals surface area contributed by atoms with Gasteiger partial charge in [-0.25, -0.2) is 18.0 Å². The first-order valence-electron chi connectivity index (χ1n) is 7.35. The van der Waals surface area contributed by atoms with E-state index in [1.807, 2.05) is 0 Å². The highest BCUT2D eigenvalue weighted by atomic mass is 32.2. The Morgan fingerprint density at radius 2 is 1.71 bits per heavy atom. The summed E-state index contributed by atoms with van der Waals surface area (Å²) in [6.07, 6.45) is 4.69. The van der Waals surface area contributed by atoms with Crippen molar-refractivity contribution < 1.29 is 23.1 Å². The quantitative estimate of drug-likeness (QED) is 0.661. The van der Waals surface area contributed by atoms with E-state index in [9.17, 15) is 23.1 Å². The molecule has 0 spiro atoms. The summed E-state index contributed by atoms with van der Waals surface area (Å²) in [6, 6.07) is -1.01. The van der Waals surface area contributed by atoms with Crippen molar-refractivity contribution in [2.45, 2.75) is 56.5 Å². The van der Waals surface area contributed by atoms with Crippen LogP contribution in [0.15, 0.2) is 0 Å². The number of carbonyl (C=O) groups excluding carboxylic acids is 1. The molecule has 0 radical (unpaired) electrons. The van der Waals surface area contributed by atoms with Crippen molar-refractivity contribution in [1.29, 1.82) is 0 Å². The monoisotopic (exact) mass is 318 g/mol. The molecule has 1 aliphatic carbocycles. The van der Waals surface area contributed by atoms with E-state index in [0.29, 0.717) is 19.3 Å². The normalized spacial score (nSPS) is 27.5. The number of rotatable bonds is 3. The molecule has 2 fully saturated rings. The predicted molar refractivity (Wildman–Crippen MR) is 76.8 cm³/mol. The fourth-order valence-electron chi connectivity index (χ4n) is 3.07. The van der Waals surface area contributed by atoms with Gasteiger partial charge in [-0.05, 0) is 19.3 Å². The minimum absolute atomic E-state index is 0.0690. The van der Waals surface area contributed by atoms with Crippen molar-refractivity contribution in [1.82, 2.24) is 10.6 Å². The molecule has 1 saturated heterocycles. The van der Waals surface area contributed by atoms with Crippen molar-refractivity contribution in [3.8, 4) is 0 Å². The minimum Gasteiger partial charge on any atom is -0.480 e. The smallest absolute Gasteiger partial charge is 0.329 e. The number of hydrogen-bond acceptors (Lipinski definition) is 4. The number of nitrogens with one attached hydrogen (secondary N) is 2. The molecule has 1 unspecified atom stereocenters. The van der Waals surface area contributed by atoms with Crippen molar-refractivity contribution in [2.75, 3.05) is 11.5 Å². The van der Waals surface area contributed by atoms with Gasteiger partial charge < -0.3 is 15.7 Å². The van der Waals surface area contributed by atoms with Gasteiger partial charge in [-0.2, -0.15) is 0 Å². The number of amides is 2. The van der Waals surface area contributed by atoms with Gasteiger partial charge in [0.1, 0.15) is 5.54 Å². The van der Waals surface area contributed by atoms with Crippen LogP contribution in [-0.4, -0.2) is 48.6 Å². The molecule has 1 aliphatic heterocycles. The largest absolute Gasteiger partial charge is 0.480 e. The lowest BCUT2D eigenvalue weighted by Gasteiger charge is -2.29. The molecular weight excluding hydrogens is 296 g/mol. The summed E-state index contributed by atoms with van der Waals surface area (Å²) in [5, 5.41) is 14.6. The van der Waals surface area contributed by atoms with Crippen LogP contribution in [0.5, 0.6) is 0 Å². The summed E-state index contributed by atoms with van der Waals surface area (Å²) in [5.74, 6) is -1.01. The third kappa shape index (κ3) is 4.09. The summed E-state index contributed by atoms with van der Waals surface area (Å²) in [5.41, 5.74) is -1.22. The Bertz CT molecular complexity index is 509. The second-order valence-electron chi connectivity index (χ2n) is 6.00. The zero-order chi connectivity index (χ0) is 15.5. The first-order chi connectivity index (χ1) is 9.83. The van der Waals surface area contributed by atoms with Gasteiger partial charge in [0.05, 0.1) is 11.5 Å². The fourth-order valence-corrected chi connectivity index (χ4v) is 4.75. The minimum atomic E-state index is -3.07. The number of hydrogen-bond donors (Lipinski definition) is 3. The average Bonchev–Trinajstić information content (AvgIpc) is 2.61. The highest BCUT2D eigenvalue weighted by molar-refractivity contribution is 7.91. The Balaban J connectivity index is 1.97. The maximum absolute atomic E-state index is 12.0. The number of aliphatic carboxylic acids is 1. The van der Waals surface area contributed by atoms with E-state index in [4.69, 9.17) is 0 Å². The van der Waals surface area contributed by atoms with Crippen LogP contribution in [0.1, 0.15) is 44.9 Å². The third-order valence-electron chi connectivity index (χ3n) is 4.29. The fraction of sp³-hybridized carbons (Fsp3) is 0.846. The van der Waals surface area contributed by atoms with Crippen molar-refractivity contribution in [3.63, 3.8) is 0 Å². The molecule has 0 bridgehead atoms. The highest BCUT2D eigenvalue weighted by Crippen LogP contribution is 2.27. The van der Waals surface area contributed by atoms with Crippen LogP contribution in [0.2, 0.25) is 0 Å². The van der Waals surface area contributed by atoms with Gasteiger partial charge in [0.15, 0.2) is 9.84 Å². The lowest BCUT2D eigenvalue weighted by atomic mass is 9.90. The van der Waals surface area contributed by atoms with Crippen LogP contribution in [0, 0.1) is 0 Å². The van der Waals surface area contributed by atoms with Gasteiger partial charge in [-0.1, -0.05) is 25.7 Å². The molecule has 3 N–H and O–H groups in total. The number of sulfone groups is 1. The van der Waals surface area contributed by atoms with E-state index >= 15 is 0 Å². The number of carbonyl (C=O) groups is 2. The van der Waals surface area contributed by atoms with Crippen molar-refractivity contribution in [3.05, 3.63) is 0 Å². The van der Waals surface area contributed by atoms with Gasteiger partial charge in [0.25, 0.3) is 0 Å². The zero-order valence-electron chi connectivity index (χ0n) is 11.9. The predicted octanol–water partition coefficient (Wildman–Crippen LogP) is 0.650. The lowest BCUT2D eigenvalue weighted by molar-refractivity contribution is -0.145. The van der Waals surface area contributed by atoms with E-state index in [-0.39, 0.29) is 11.5 Å². The van der Waals surface area contributed by atoms with Gasteiger partial charge in [0.2, 0.25) is 0 Å². The zero-order valence-corrected chi connectivity index (χ0v) is 12.7. The standard InChI is InChI=1S/C13H22N2O5S/c16-11(17)13(6-3-1-2-4-7-13)15-12(18)14-10-5-8-21(19,20)9-10/h10H,1-9H2,(H,16,17)(H2,14,15,18). The maximum atomic E-state index is 12.0. The highest BCUT2D eigenvalue weighted by Gasteiger charge is 2.40. The second-order valence-corrected chi connectivity index (χ2v) is 8.23. The van der Waals surface area contributed by atoms with Crippen LogP contribution in [-0.2, 0) is 14.6 Å². The molecule has 0 aromatic heterocycles. The Labute approximate surface area is 124 Å². The van der Waals surface area contributed by atoms with Crippen LogP contribution < -0.4 is 10.6 Å². The van der Waals surface area contributed by atoms with Crippen LogP contribution in [0.4, 0.5) is 4.79 Å². The van der Waals surface area contributed by atoms with E-state index in [1.54, 1.807) is 0 Å². The molecule has 2 amide bonds. The third-order valence-corrected chi connectivity index (χ3v) is 6.05. The number of urea groups is 1. The number of carboxylic acid groups (broad SMARTS) is 1. The first-order valence-corrected chi connectivity index (χ1v) is 9.18. The summed E-state index contributed by atoms with van der Waals surface area (Å²) in [4.78, 5) is 23.6. The van der Waals surface area contributed by atoms with E-state index < -0.39 is 33.4 Å². The SMILES string of the molecule is O=C(NC1CCS(=O)(=O)C1)NC1(C(=O)O)CCCCCC1. The molecule has 120 valence electrons. The molecule has 1 atom stereocenters. The Kier molecular flexibility index (Phi) is 4.75. The van der Waals surface area contributed by atoms with Crippen LogP contribution in [0.3, 0.4) is 0 Å². The lowest BCUT2D eigenvalue weighted by Crippen LogP contribution is -2.58. The molecule has 7 nitrogen and oxygen atoms in total. The molecule has 2 aliphatic rings. The molecule has 0 aromatic carbocycles. The molecular formula is C13H22N2O5S. The van der Waals surface area contributed by atoms with Gasteiger partial charge in [0, 0.05) is 6.04 Å². The van der Waals surface area contributed by atoms with E-state index in [2.05, 4.69) is 10.6 Å². The Morgan fingerprint density at radius 3 is 2.19 bits per heavy atom. The summed E-state index contributed by atoms with van der Waals surface area (Å²) in [6.45, 7) is 0. The second kappa shape index (κ2) is 6.21. The average molecular weight is 318 g/mol. The molecule has 8 heteroatoms. The molecule has 0 aromatic rings. The summed E-state index contributed by atoms with van der Waals surface area (Å²) in [7, 11) is -3.07. The van der Waals surface area contributed by atoms with Gasteiger partial charge in [-0.3, -0.25) is 0 Å². The van der Waals surface area contributed by atoms with Gasteiger partial charge in [-0.15, -0.1) is 0 Å². The van der Waals surface area contributed by atoms with E-state index in [0.717, 1.165) is 25.7 Å². The first kappa shape index (κ1) is 16.1. The summed E-state index contributed by atoms with van der Waals surface area (Å²) < 4.78 is 22.7. The topological polar surface area (TPSA) is 113 Å². The van der Waals surface area contributed by atoms with E-state index in [1.165, 1.54) is 0 Å². The summed E-state index contributed by atoms with van der Waals surface area (Å²) >= 11 is 0. The molecule has 1 heterocycles. The van der Waals surface area contributed by atoms with Gasteiger partial charge >= 0.3 is 12.0 Å². The van der Waals surface area contributed by atoms with Crippen LogP contribution >= 0.6 is 0 Å². The van der Waals surface area contributed by atoms with Crippen LogP contribution in [0.25, 0.3) is 0 Å². The molecule has 1 saturated carbocycles. The Morgan fingerprint density at radius 1 is 1.10 bits per heavy atom. The van der Waals surface area contributed by atoms with Crippen molar-refractivity contribution in [2.24, 2.45) is 0 Å². The Hall–Kier alpha value is -1.31. The maximum Gasteiger partial charge on any atom is 0.329 e. The molecule has 21 heavy (non-hydrogen) atoms. The van der Waals surface area contributed by atoms with Crippen molar-refractivity contribution >= 4 is 21.8 Å². The molecule has 2 rings (SSSR count).